The number of unbranched alkanes of at least 4 members (excludes halogenated alkanes) is 1. The fourth-order valence-electron chi connectivity index (χ4n) is 2.65. The van der Waals surface area contributed by atoms with Crippen LogP contribution in [0.5, 0.6) is 0 Å². The molecule has 3 unspecified atom stereocenters. The highest BCUT2D eigenvalue weighted by Gasteiger charge is 2.27. The quantitative estimate of drug-likeness (QED) is 0.125. The van der Waals surface area contributed by atoms with Gasteiger partial charge in [0.05, 0.1) is 25.3 Å². The van der Waals surface area contributed by atoms with Crippen molar-refractivity contribution in [2.24, 2.45) is 11.5 Å². The Labute approximate surface area is 183 Å². The van der Waals surface area contributed by atoms with Crippen LogP contribution in [0.1, 0.15) is 31.4 Å². The summed E-state index contributed by atoms with van der Waals surface area (Å²) in [7, 11) is 0. The lowest BCUT2D eigenvalue weighted by Crippen LogP contribution is -2.54. The van der Waals surface area contributed by atoms with E-state index in [1.165, 1.54) is 12.5 Å². The molecule has 1 aromatic rings. The van der Waals surface area contributed by atoms with E-state index in [0.29, 0.717) is 31.5 Å². The van der Waals surface area contributed by atoms with Crippen LogP contribution in [0.2, 0.25) is 0 Å². The fourth-order valence-corrected chi connectivity index (χ4v) is 2.65. The normalized spacial score (nSPS) is 13.4. The van der Waals surface area contributed by atoms with Gasteiger partial charge in [0.2, 0.25) is 17.7 Å². The second kappa shape index (κ2) is 13.7. The van der Waals surface area contributed by atoms with E-state index in [0.717, 1.165) is 0 Å². The summed E-state index contributed by atoms with van der Waals surface area (Å²) in [6.45, 7) is -0.189. The maximum absolute atomic E-state index is 12.3. The maximum atomic E-state index is 12.3. The zero-order chi connectivity index (χ0) is 24.1. The Balaban J connectivity index is 2.61. The van der Waals surface area contributed by atoms with Crippen molar-refractivity contribution in [2.75, 3.05) is 13.1 Å². The number of aromatic amines is 1. The number of nitrogens with two attached hydrogens (primary N) is 2. The van der Waals surface area contributed by atoms with Crippen LogP contribution in [0, 0.1) is 0 Å². The lowest BCUT2D eigenvalue weighted by atomic mass is 10.1. The standard InChI is InChI=1S/C18H29N7O7/c19-4-2-1-3-11(20)16(29)25-12(6-15(27)28)17(30)22-8-14(26)24-13(18(31)32)5-10-7-21-9-23-10/h7,9,11-13H,1-6,8,19-20H2,(H,21,23)(H,22,30)(H,24,26)(H,25,29)(H,27,28)(H,31,32). The number of rotatable bonds is 15. The maximum Gasteiger partial charge on any atom is 0.326 e. The van der Waals surface area contributed by atoms with Crippen molar-refractivity contribution in [3.05, 3.63) is 18.2 Å². The molecule has 14 heteroatoms. The molecule has 0 fully saturated rings. The first kappa shape index (κ1) is 26.5. The molecule has 0 radical (unpaired) electrons. The number of nitrogens with one attached hydrogen (secondary N) is 4. The Hall–Kier alpha value is -3.52. The SMILES string of the molecule is NCCCCC(N)C(=O)NC(CC(=O)O)C(=O)NCC(=O)NC(Cc1cnc[nH]1)C(=O)O. The van der Waals surface area contributed by atoms with Crippen LogP contribution in [0.3, 0.4) is 0 Å². The summed E-state index contributed by atoms with van der Waals surface area (Å²) < 4.78 is 0. The van der Waals surface area contributed by atoms with Crippen LogP contribution >= 0.6 is 0 Å². The Morgan fingerprint density at radius 1 is 1.06 bits per heavy atom. The smallest absolute Gasteiger partial charge is 0.326 e. The van der Waals surface area contributed by atoms with Crippen molar-refractivity contribution in [3.8, 4) is 0 Å². The molecular formula is C18H29N7O7. The number of carboxylic acid groups (broad SMARTS) is 2. The Kier molecular flexibility index (Phi) is 11.4. The third kappa shape index (κ3) is 9.99. The van der Waals surface area contributed by atoms with Crippen molar-refractivity contribution in [1.29, 1.82) is 0 Å². The average Bonchev–Trinajstić information content (AvgIpc) is 3.23. The van der Waals surface area contributed by atoms with Crippen molar-refractivity contribution < 1.29 is 34.2 Å². The number of hydrogen-bond acceptors (Lipinski definition) is 8. The van der Waals surface area contributed by atoms with Gasteiger partial charge < -0.3 is 42.6 Å². The highest BCUT2D eigenvalue weighted by Crippen LogP contribution is 2.01. The van der Waals surface area contributed by atoms with Gasteiger partial charge in [0.15, 0.2) is 0 Å². The van der Waals surface area contributed by atoms with Crippen molar-refractivity contribution in [1.82, 2.24) is 25.9 Å². The molecule has 0 saturated carbocycles. The number of amides is 3. The summed E-state index contributed by atoms with van der Waals surface area (Å²) in [6.07, 6.45) is 3.53. The topological polar surface area (TPSA) is 243 Å². The van der Waals surface area contributed by atoms with E-state index in [4.69, 9.17) is 16.6 Å². The molecule has 1 aromatic heterocycles. The second-order valence-corrected chi connectivity index (χ2v) is 7.01. The monoisotopic (exact) mass is 455 g/mol. The van der Waals surface area contributed by atoms with E-state index in [-0.39, 0.29) is 6.42 Å². The first-order valence-corrected chi connectivity index (χ1v) is 9.89. The molecule has 0 aliphatic rings. The fraction of sp³-hybridized carbons (Fsp3) is 0.556. The van der Waals surface area contributed by atoms with Crippen LogP contribution in [0.25, 0.3) is 0 Å². The molecule has 0 aliphatic carbocycles. The van der Waals surface area contributed by atoms with Crippen molar-refractivity contribution in [2.45, 2.75) is 50.2 Å². The van der Waals surface area contributed by atoms with Gasteiger partial charge in [-0.3, -0.25) is 19.2 Å². The zero-order valence-corrected chi connectivity index (χ0v) is 17.4. The third-order valence-corrected chi connectivity index (χ3v) is 4.35. The molecule has 0 saturated heterocycles. The van der Waals surface area contributed by atoms with Crippen LogP contribution in [0.15, 0.2) is 12.5 Å². The van der Waals surface area contributed by atoms with Crippen LogP contribution < -0.4 is 27.4 Å². The molecule has 178 valence electrons. The average molecular weight is 455 g/mol. The van der Waals surface area contributed by atoms with Crippen molar-refractivity contribution in [3.63, 3.8) is 0 Å². The van der Waals surface area contributed by atoms with E-state index in [2.05, 4.69) is 25.9 Å². The zero-order valence-electron chi connectivity index (χ0n) is 17.4. The first-order chi connectivity index (χ1) is 15.1. The molecule has 3 amide bonds. The minimum atomic E-state index is -1.46. The summed E-state index contributed by atoms with van der Waals surface area (Å²) >= 11 is 0. The minimum absolute atomic E-state index is 0.0608. The van der Waals surface area contributed by atoms with Gasteiger partial charge in [0.25, 0.3) is 0 Å². The summed E-state index contributed by atoms with van der Waals surface area (Å²) in [5.41, 5.74) is 11.6. The Bertz CT molecular complexity index is 785. The number of aromatic nitrogens is 2. The Morgan fingerprint density at radius 2 is 1.78 bits per heavy atom. The van der Waals surface area contributed by atoms with E-state index in [9.17, 15) is 29.1 Å². The molecule has 1 heterocycles. The highest BCUT2D eigenvalue weighted by atomic mass is 16.4. The summed E-state index contributed by atoms with van der Waals surface area (Å²) in [4.78, 5) is 65.4. The summed E-state index contributed by atoms with van der Waals surface area (Å²) in [5, 5.41) is 24.9. The molecule has 0 aliphatic heterocycles. The lowest BCUT2D eigenvalue weighted by Gasteiger charge is -2.20. The van der Waals surface area contributed by atoms with Gasteiger partial charge >= 0.3 is 11.9 Å². The molecule has 0 spiro atoms. The van der Waals surface area contributed by atoms with E-state index < -0.39 is 60.8 Å². The Morgan fingerprint density at radius 3 is 2.34 bits per heavy atom. The molecular weight excluding hydrogens is 426 g/mol. The molecule has 3 atom stereocenters. The van der Waals surface area contributed by atoms with Gasteiger partial charge in [0.1, 0.15) is 12.1 Å². The number of H-pyrrole nitrogens is 1. The molecule has 10 N–H and O–H groups in total. The van der Waals surface area contributed by atoms with Crippen molar-refractivity contribution >= 4 is 29.7 Å². The number of carbonyl (C=O) groups is 5. The third-order valence-electron chi connectivity index (χ3n) is 4.35. The van der Waals surface area contributed by atoms with Gasteiger partial charge in [-0.25, -0.2) is 9.78 Å². The molecule has 32 heavy (non-hydrogen) atoms. The van der Waals surface area contributed by atoms with E-state index in [1.54, 1.807) is 0 Å². The number of imidazole rings is 1. The van der Waals surface area contributed by atoms with Gasteiger partial charge in [-0.2, -0.15) is 0 Å². The first-order valence-electron chi connectivity index (χ1n) is 9.89. The van der Waals surface area contributed by atoms with Crippen LogP contribution in [-0.2, 0) is 30.4 Å². The number of carboxylic acids is 2. The van der Waals surface area contributed by atoms with Gasteiger partial charge in [-0.1, -0.05) is 6.42 Å². The lowest BCUT2D eigenvalue weighted by molar-refractivity contribution is -0.142. The number of carbonyl (C=O) groups excluding carboxylic acids is 3. The summed E-state index contributed by atoms with van der Waals surface area (Å²) in [5.74, 6) is -5.09. The van der Waals surface area contributed by atoms with Crippen LogP contribution in [-0.4, -0.2) is 81.1 Å². The molecule has 0 aromatic carbocycles. The van der Waals surface area contributed by atoms with Crippen LogP contribution in [0.4, 0.5) is 0 Å². The minimum Gasteiger partial charge on any atom is -0.481 e. The summed E-state index contributed by atoms with van der Waals surface area (Å²) in [6, 6.07) is -3.69. The predicted octanol–water partition coefficient (Wildman–Crippen LogP) is -2.95. The van der Waals surface area contributed by atoms with E-state index in [1.807, 2.05) is 0 Å². The van der Waals surface area contributed by atoms with E-state index >= 15 is 0 Å². The number of aliphatic carboxylic acids is 2. The highest BCUT2D eigenvalue weighted by molar-refractivity contribution is 5.94. The van der Waals surface area contributed by atoms with Gasteiger partial charge in [-0.05, 0) is 19.4 Å². The number of hydrogen-bond donors (Lipinski definition) is 8. The molecule has 0 bridgehead atoms. The predicted molar refractivity (Wildman–Crippen MR) is 110 cm³/mol. The van der Waals surface area contributed by atoms with Gasteiger partial charge in [-0.15, -0.1) is 0 Å². The van der Waals surface area contributed by atoms with Gasteiger partial charge in [0, 0.05) is 18.3 Å². The largest absolute Gasteiger partial charge is 0.481 e. The number of nitrogens with zero attached hydrogens (tertiary/aromatic N) is 1. The second-order valence-electron chi connectivity index (χ2n) is 7.01. The molecule has 1 rings (SSSR count). The molecule has 14 nitrogen and oxygen atoms in total.